The first-order valence-electron chi connectivity index (χ1n) is 10.5. The summed E-state index contributed by atoms with van der Waals surface area (Å²) in [5, 5.41) is 0.353. The molecule has 0 N–H and O–H groups in total. The summed E-state index contributed by atoms with van der Waals surface area (Å²) in [5.41, 5.74) is 1.50. The molecule has 5 nitrogen and oxygen atoms in total. The summed E-state index contributed by atoms with van der Waals surface area (Å²) in [4.78, 5) is 29.5. The summed E-state index contributed by atoms with van der Waals surface area (Å²) in [6.07, 6.45) is 2.30. The van der Waals surface area contributed by atoms with E-state index in [-0.39, 0.29) is 24.9 Å². The Hall–Kier alpha value is -3.31. The van der Waals surface area contributed by atoms with Crippen LogP contribution in [0.1, 0.15) is 27.4 Å². The van der Waals surface area contributed by atoms with Gasteiger partial charge in [0.15, 0.2) is 0 Å². The van der Waals surface area contributed by atoms with Gasteiger partial charge in [0, 0.05) is 13.1 Å². The number of aryl methyl sites for hydroxylation is 1. The molecule has 0 aliphatic carbocycles. The second-order valence-corrected chi connectivity index (χ2v) is 7.92. The third kappa shape index (κ3) is 6.34. The number of amides is 2. The zero-order chi connectivity index (χ0) is 22.9. The van der Waals surface area contributed by atoms with Crippen molar-refractivity contribution in [3.05, 3.63) is 107 Å². The van der Waals surface area contributed by atoms with E-state index in [1.165, 1.54) is 4.90 Å². The van der Waals surface area contributed by atoms with Gasteiger partial charge in [-0.25, -0.2) is 0 Å². The number of halogens is 1. The average molecular weight is 451 g/mol. The van der Waals surface area contributed by atoms with Crippen molar-refractivity contribution in [2.75, 3.05) is 19.6 Å². The van der Waals surface area contributed by atoms with Gasteiger partial charge in [0.05, 0.1) is 17.1 Å². The maximum Gasteiger partial charge on any atom is 0.256 e. The highest BCUT2D eigenvalue weighted by Crippen LogP contribution is 2.18. The molecule has 0 radical (unpaired) electrons. The second kappa shape index (κ2) is 11.3. The van der Waals surface area contributed by atoms with Crippen LogP contribution in [0.3, 0.4) is 0 Å². The molecule has 0 atom stereocenters. The van der Waals surface area contributed by atoms with Gasteiger partial charge in [-0.15, -0.1) is 6.58 Å². The highest BCUT2D eigenvalue weighted by molar-refractivity contribution is 6.33. The normalized spacial score (nSPS) is 10.6. The van der Waals surface area contributed by atoms with Crippen molar-refractivity contribution in [2.24, 2.45) is 0 Å². The van der Waals surface area contributed by atoms with Crippen molar-refractivity contribution in [1.29, 1.82) is 0 Å². The number of furan rings is 1. The fourth-order valence-electron chi connectivity index (χ4n) is 3.40. The number of hydrogen-bond acceptors (Lipinski definition) is 3. The van der Waals surface area contributed by atoms with Crippen LogP contribution in [0.15, 0.2) is 83.8 Å². The number of hydrogen-bond donors (Lipinski definition) is 0. The standard InChI is InChI=1S/C26H27ClN2O3/c1-3-16-29(26(31)23-11-7-8-12-24(23)27)19-25(30)28(18-22-14-13-20(2)32-22)17-15-21-9-5-4-6-10-21/h3-14H,1,15-19H2,2H3. The third-order valence-corrected chi connectivity index (χ3v) is 5.41. The van der Waals surface area contributed by atoms with Gasteiger partial charge in [-0.05, 0) is 43.2 Å². The monoisotopic (exact) mass is 450 g/mol. The Kier molecular flexibility index (Phi) is 8.28. The van der Waals surface area contributed by atoms with Crippen LogP contribution in [0, 0.1) is 6.92 Å². The topological polar surface area (TPSA) is 53.8 Å². The summed E-state index contributed by atoms with van der Waals surface area (Å²) in [7, 11) is 0. The first-order valence-corrected chi connectivity index (χ1v) is 10.9. The molecule has 0 saturated carbocycles. The van der Waals surface area contributed by atoms with Crippen molar-refractivity contribution in [3.63, 3.8) is 0 Å². The Balaban J connectivity index is 1.76. The number of carbonyl (C=O) groups excluding carboxylic acids is 2. The number of carbonyl (C=O) groups is 2. The quantitative estimate of drug-likeness (QED) is 0.402. The molecule has 3 aromatic rings. The molecule has 0 unspecified atom stereocenters. The van der Waals surface area contributed by atoms with Crippen LogP contribution < -0.4 is 0 Å². The van der Waals surface area contributed by atoms with E-state index in [0.29, 0.717) is 35.9 Å². The Bertz CT molecular complexity index is 1060. The molecule has 0 spiro atoms. The van der Waals surface area contributed by atoms with E-state index in [1.54, 1.807) is 35.2 Å². The number of nitrogens with zero attached hydrogens (tertiary/aromatic N) is 2. The largest absolute Gasteiger partial charge is 0.464 e. The summed E-state index contributed by atoms with van der Waals surface area (Å²) in [6, 6.07) is 20.6. The molecule has 3 rings (SSSR count). The molecule has 1 heterocycles. The van der Waals surface area contributed by atoms with Crippen LogP contribution in [0.4, 0.5) is 0 Å². The summed E-state index contributed by atoms with van der Waals surface area (Å²) in [5.74, 6) is 1.02. The minimum atomic E-state index is -0.305. The molecular formula is C26H27ClN2O3. The van der Waals surface area contributed by atoms with E-state index >= 15 is 0 Å². The lowest BCUT2D eigenvalue weighted by molar-refractivity contribution is -0.132. The predicted octanol–water partition coefficient (Wildman–Crippen LogP) is 5.14. The van der Waals surface area contributed by atoms with E-state index in [0.717, 1.165) is 11.3 Å². The number of benzene rings is 2. The lowest BCUT2D eigenvalue weighted by Gasteiger charge is -2.27. The Morgan fingerprint density at radius 1 is 1.00 bits per heavy atom. The number of rotatable bonds is 10. The van der Waals surface area contributed by atoms with E-state index in [2.05, 4.69) is 6.58 Å². The molecule has 0 aliphatic heterocycles. The van der Waals surface area contributed by atoms with Crippen LogP contribution in [-0.2, 0) is 17.8 Å². The van der Waals surface area contributed by atoms with Gasteiger partial charge < -0.3 is 14.2 Å². The zero-order valence-corrected chi connectivity index (χ0v) is 18.9. The minimum absolute atomic E-state index is 0.0788. The molecule has 6 heteroatoms. The molecule has 0 saturated heterocycles. The summed E-state index contributed by atoms with van der Waals surface area (Å²) in [6.45, 7) is 6.60. The van der Waals surface area contributed by atoms with Gasteiger partial charge >= 0.3 is 0 Å². The van der Waals surface area contributed by atoms with E-state index < -0.39 is 0 Å². The Morgan fingerprint density at radius 3 is 2.38 bits per heavy atom. The van der Waals surface area contributed by atoms with Gasteiger partial charge in [-0.1, -0.05) is 60.1 Å². The molecular weight excluding hydrogens is 424 g/mol. The molecule has 1 aromatic heterocycles. The molecule has 2 amide bonds. The SMILES string of the molecule is C=CCN(CC(=O)N(CCc1ccccc1)Cc1ccc(C)o1)C(=O)c1ccccc1Cl. The van der Waals surface area contributed by atoms with Crippen LogP contribution in [0.25, 0.3) is 0 Å². The Morgan fingerprint density at radius 2 is 1.72 bits per heavy atom. The summed E-state index contributed by atoms with van der Waals surface area (Å²) >= 11 is 6.21. The van der Waals surface area contributed by atoms with Crippen molar-refractivity contribution in [3.8, 4) is 0 Å². The smallest absolute Gasteiger partial charge is 0.256 e. The summed E-state index contributed by atoms with van der Waals surface area (Å²) < 4.78 is 5.69. The molecule has 0 bridgehead atoms. The van der Waals surface area contributed by atoms with Crippen molar-refractivity contribution in [2.45, 2.75) is 19.9 Å². The van der Waals surface area contributed by atoms with E-state index in [4.69, 9.17) is 16.0 Å². The zero-order valence-electron chi connectivity index (χ0n) is 18.2. The highest BCUT2D eigenvalue weighted by Gasteiger charge is 2.23. The van der Waals surface area contributed by atoms with Crippen LogP contribution in [0.5, 0.6) is 0 Å². The third-order valence-electron chi connectivity index (χ3n) is 5.08. The second-order valence-electron chi connectivity index (χ2n) is 7.52. The van der Waals surface area contributed by atoms with Gasteiger partial charge in [0.25, 0.3) is 5.91 Å². The molecule has 0 fully saturated rings. The van der Waals surface area contributed by atoms with Gasteiger partial charge in [-0.3, -0.25) is 9.59 Å². The Labute approximate surface area is 193 Å². The predicted molar refractivity (Wildman–Crippen MR) is 127 cm³/mol. The first kappa shape index (κ1) is 23.4. The molecule has 2 aromatic carbocycles. The minimum Gasteiger partial charge on any atom is -0.464 e. The van der Waals surface area contributed by atoms with Crippen molar-refractivity contribution >= 4 is 23.4 Å². The van der Waals surface area contributed by atoms with E-state index in [1.807, 2.05) is 49.4 Å². The maximum absolute atomic E-state index is 13.3. The van der Waals surface area contributed by atoms with Gasteiger partial charge in [0.1, 0.15) is 18.1 Å². The fourth-order valence-corrected chi connectivity index (χ4v) is 3.62. The molecule has 32 heavy (non-hydrogen) atoms. The van der Waals surface area contributed by atoms with Gasteiger partial charge in [0.2, 0.25) is 5.91 Å². The lowest BCUT2D eigenvalue weighted by atomic mass is 10.1. The average Bonchev–Trinajstić information content (AvgIpc) is 3.21. The molecule has 0 aliphatic rings. The van der Waals surface area contributed by atoms with Crippen molar-refractivity contribution in [1.82, 2.24) is 9.80 Å². The van der Waals surface area contributed by atoms with Crippen LogP contribution >= 0.6 is 11.6 Å². The highest BCUT2D eigenvalue weighted by atomic mass is 35.5. The van der Waals surface area contributed by atoms with Gasteiger partial charge in [-0.2, -0.15) is 0 Å². The van der Waals surface area contributed by atoms with Crippen LogP contribution in [-0.4, -0.2) is 41.2 Å². The maximum atomic E-state index is 13.3. The lowest BCUT2D eigenvalue weighted by Crippen LogP contribution is -2.43. The van der Waals surface area contributed by atoms with E-state index in [9.17, 15) is 9.59 Å². The fraction of sp³-hybridized carbons (Fsp3) is 0.231. The molecule has 166 valence electrons. The first-order chi connectivity index (χ1) is 15.5. The van der Waals surface area contributed by atoms with Crippen LogP contribution in [0.2, 0.25) is 5.02 Å². The van der Waals surface area contributed by atoms with Crippen molar-refractivity contribution < 1.29 is 14.0 Å².